The zero-order chi connectivity index (χ0) is 24.8. The second kappa shape index (κ2) is 9.17. The highest BCUT2D eigenvalue weighted by atomic mass is 35.5. The van der Waals surface area contributed by atoms with Crippen molar-refractivity contribution in [3.8, 4) is 5.75 Å². The number of carbonyl (C=O) groups is 1. The molecule has 2 atom stereocenters. The minimum atomic E-state index is -3.30. The Labute approximate surface area is 208 Å². The molecule has 184 valence electrons. The van der Waals surface area contributed by atoms with E-state index < -0.39 is 21.3 Å². The standard InChI is InChI=1S/C23H26Cl2FN3O4S/c1-23(2,33-20-11-17(24)19(26)10-18(20)25)22(30)28-13-8-14-4-5-15(9-13)29(14)21-7-6-16(12-27-21)34(3,31)32/h6-7,10-15H,4-5,8-9H2,1-3H3,(H,28,30). The second-order valence-electron chi connectivity index (χ2n) is 9.37. The summed E-state index contributed by atoms with van der Waals surface area (Å²) in [5.74, 6) is -0.0932. The predicted octanol–water partition coefficient (Wildman–Crippen LogP) is 4.40. The molecule has 1 aromatic heterocycles. The van der Waals surface area contributed by atoms with Crippen LogP contribution in [0.15, 0.2) is 35.4 Å². The van der Waals surface area contributed by atoms with Gasteiger partial charge in [0, 0.05) is 36.6 Å². The lowest BCUT2D eigenvalue weighted by Gasteiger charge is -2.40. The Kier molecular flexibility index (Phi) is 6.74. The van der Waals surface area contributed by atoms with Crippen molar-refractivity contribution >= 4 is 44.8 Å². The normalized spacial score (nSPS) is 22.5. The largest absolute Gasteiger partial charge is 0.476 e. The van der Waals surface area contributed by atoms with Gasteiger partial charge in [-0.15, -0.1) is 0 Å². The van der Waals surface area contributed by atoms with Crippen molar-refractivity contribution < 1.29 is 22.3 Å². The molecule has 0 aliphatic carbocycles. The minimum Gasteiger partial charge on any atom is -0.476 e. The molecule has 2 fully saturated rings. The Bertz CT molecular complexity index is 1190. The van der Waals surface area contributed by atoms with Gasteiger partial charge in [-0.3, -0.25) is 4.79 Å². The van der Waals surface area contributed by atoms with Crippen LogP contribution in [-0.2, 0) is 14.6 Å². The highest BCUT2D eigenvalue weighted by Gasteiger charge is 2.43. The number of hydrogen-bond donors (Lipinski definition) is 1. The maximum absolute atomic E-state index is 13.6. The van der Waals surface area contributed by atoms with Crippen molar-refractivity contribution in [3.63, 3.8) is 0 Å². The number of anilines is 1. The minimum absolute atomic E-state index is 0.0310. The zero-order valence-corrected chi connectivity index (χ0v) is 21.3. The van der Waals surface area contributed by atoms with Crippen LogP contribution in [0.1, 0.15) is 39.5 Å². The van der Waals surface area contributed by atoms with Gasteiger partial charge in [-0.2, -0.15) is 0 Å². The van der Waals surface area contributed by atoms with E-state index in [1.165, 1.54) is 12.3 Å². The molecule has 2 bridgehead atoms. The van der Waals surface area contributed by atoms with Gasteiger partial charge in [0.05, 0.1) is 14.9 Å². The van der Waals surface area contributed by atoms with E-state index in [9.17, 15) is 17.6 Å². The third-order valence-corrected chi connectivity index (χ3v) is 8.05. The van der Waals surface area contributed by atoms with Crippen LogP contribution in [0.2, 0.25) is 10.0 Å². The van der Waals surface area contributed by atoms with Gasteiger partial charge < -0.3 is 15.0 Å². The van der Waals surface area contributed by atoms with E-state index >= 15 is 0 Å². The van der Waals surface area contributed by atoms with Gasteiger partial charge in [0.1, 0.15) is 17.4 Å². The Morgan fingerprint density at radius 2 is 1.82 bits per heavy atom. The zero-order valence-electron chi connectivity index (χ0n) is 19.0. The van der Waals surface area contributed by atoms with Gasteiger partial charge in [-0.05, 0) is 57.7 Å². The van der Waals surface area contributed by atoms with Gasteiger partial charge in [0.25, 0.3) is 5.91 Å². The van der Waals surface area contributed by atoms with Crippen LogP contribution in [0.5, 0.6) is 5.75 Å². The molecule has 0 radical (unpaired) electrons. The van der Waals surface area contributed by atoms with Crippen molar-refractivity contribution in [2.75, 3.05) is 11.2 Å². The van der Waals surface area contributed by atoms with Crippen molar-refractivity contribution in [3.05, 3.63) is 46.3 Å². The maximum Gasteiger partial charge on any atom is 0.263 e. The lowest BCUT2D eigenvalue weighted by Crippen LogP contribution is -2.55. The molecular formula is C23H26Cl2FN3O4S. The molecule has 7 nitrogen and oxygen atoms in total. The molecule has 1 N–H and O–H groups in total. The SMILES string of the molecule is CC(C)(Oc1cc(Cl)c(F)cc1Cl)C(=O)NC1CC2CCC(C1)N2c1ccc(S(C)(=O)=O)cn1. The molecule has 2 aliphatic rings. The van der Waals surface area contributed by atoms with E-state index in [1.54, 1.807) is 26.0 Å². The van der Waals surface area contributed by atoms with E-state index in [-0.39, 0.29) is 44.7 Å². The number of halogens is 3. The van der Waals surface area contributed by atoms with Crippen LogP contribution in [0, 0.1) is 5.82 Å². The number of benzene rings is 1. The van der Waals surface area contributed by atoms with Gasteiger partial charge >= 0.3 is 0 Å². The first kappa shape index (κ1) is 25.0. The van der Waals surface area contributed by atoms with Crippen LogP contribution in [0.3, 0.4) is 0 Å². The summed E-state index contributed by atoms with van der Waals surface area (Å²) >= 11 is 11.9. The lowest BCUT2D eigenvalue weighted by molar-refractivity contribution is -0.135. The summed E-state index contributed by atoms with van der Waals surface area (Å²) in [4.78, 5) is 19.9. The molecule has 1 amide bonds. The number of nitrogens with one attached hydrogen (secondary N) is 1. The maximum atomic E-state index is 13.6. The van der Waals surface area contributed by atoms with Gasteiger partial charge in [0.15, 0.2) is 15.4 Å². The van der Waals surface area contributed by atoms with Crippen molar-refractivity contribution in [1.29, 1.82) is 0 Å². The third kappa shape index (κ3) is 5.11. The van der Waals surface area contributed by atoms with Crippen molar-refractivity contribution in [2.45, 2.75) is 68.2 Å². The molecule has 2 unspecified atom stereocenters. The summed E-state index contributed by atoms with van der Waals surface area (Å²) in [6.45, 7) is 3.24. The van der Waals surface area contributed by atoms with Crippen molar-refractivity contribution in [2.24, 2.45) is 0 Å². The molecule has 0 saturated carbocycles. The fourth-order valence-electron chi connectivity index (χ4n) is 4.68. The van der Waals surface area contributed by atoms with E-state index in [0.29, 0.717) is 0 Å². The van der Waals surface area contributed by atoms with Gasteiger partial charge in [0.2, 0.25) is 0 Å². The molecular weight excluding hydrogens is 504 g/mol. The summed E-state index contributed by atoms with van der Waals surface area (Å²) < 4.78 is 42.8. The topological polar surface area (TPSA) is 88.6 Å². The number of rotatable bonds is 6. The van der Waals surface area contributed by atoms with Gasteiger partial charge in [-0.1, -0.05) is 23.2 Å². The lowest BCUT2D eigenvalue weighted by atomic mass is 9.96. The van der Waals surface area contributed by atoms with Gasteiger partial charge in [-0.25, -0.2) is 17.8 Å². The monoisotopic (exact) mass is 529 g/mol. The number of amides is 1. The number of sulfone groups is 1. The second-order valence-corrected chi connectivity index (χ2v) is 12.2. The number of fused-ring (bicyclic) bond motifs is 2. The highest BCUT2D eigenvalue weighted by Crippen LogP contribution is 2.39. The first-order chi connectivity index (χ1) is 15.8. The Morgan fingerprint density at radius 1 is 1.18 bits per heavy atom. The highest BCUT2D eigenvalue weighted by molar-refractivity contribution is 7.90. The number of ether oxygens (including phenoxy) is 1. The van der Waals surface area contributed by atoms with Crippen LogP contribution >= 0.6 is 23.2 Å². The first-order valence-electron chi connectivity index (χ1n) is 10.9. The average Bonchev–Trinajstić information content (AvgIpc) is 3.01. The predicted molar refractivity (Wildman–Crippen MR) is 129 cm³/mol. The van der Waals surface area contributed by atoms with Crippen LogP contribution < -0.4 is 15.0 Å². The van der Waals surface area contributed by atoms with E-state index in [2.05, 4.69) is 15.2 Å². The number of hydrogen-bond acceptors (Lipinski definition) is 6. The molecule has 34 heavy (non-hydrogen) atoms. The van der Waals surface area contributed by atoms with E-state index in [0.717, 1.165) is 43.8 Å². The molecule has 2 aromatic rings. The molecule has 11 heteroatoms. The fraction of sp³-hybridized carbons (Fsp3) is 0.478. The summed E-state index contributed by atoms with van der Waals surface area (Å²) in [5, 5.41) is 2.98. The Hall–Kier alpha value is -2.10. The molecule has 1 aromatic carbocycles. The molecule has 2 aliphatic heterocycles. The van der Waals surface area contributed by atoms with Crippen LogP contribution in [-0.4, -0.2) is 49.3 Å². The quantitative estimate of drug-likeness (QED) is 0.557. The molecule has 0 spiro atoms. The molecule has 2 saturated heterocycles. The van der Waals surface area contributed by atoms with E-state index in [4.69, 9.17) is 27.9 Å². The van der Waals surface area contributed by atoms with E-state index in [1.807, 2.05) is 0 Å². The first-order valence-corrected chi connectivity index (χ1v) is 13.6. The summed E-state index contributed by atoms with van der Waals surface area (Å²) in [5.41, 5.74) is -1.26. The molecule has 3 heterocycles. The number of nitrogens with zero attached hydrogens (tertiary/aromatic N) is 2. The number of piperidine rings is 1. The number of carbonyl (C=O) groups excluding carboxylic acids is 1. The Morgan fingerprint density at radius 3 is 2.38 bits per heavy atom. The summed E-state index contributed by atoms with van der Waals surface area (Å²) in [6.07, 6.45) is 5.95. The third-order valence-electron chi connectivity index (χ3n) is 6.37. The van der Waals surface area contributed by atoms with Crippen LogP contribution in [0.4, 0.5) is 10.2 Å². The average molecular weight is 530 g/mol. The molecule has 4 rings (SSSR count). The summed E-state index contributed by atoms with van der Waals surface area (Å²) in [7, 11) is -3.30. The number of aromatic nitrogens is 1. The smallest absolute Gasteiger partial charge is 0.263 e. The van der Waals surface area contributed by atoms with Crippen molar-refractivity contribution in [1.82, 2.24) is 10.3 Å². The summed E-state index contributed by atoms with van der Waals surface area (Å²) in [6, 6.07) is 5.97. The Balaban J connectivity index is 1.42. The number of pyridine rings is 1. The fourth-order valence-corrected chi connectivity index (χ4v) is 5.58. The van der Waals surface area contributed by atoms with Crippen LogP contribution in [0.25, 0.3) is 0 Å².